The first kappa shape index (κ1) is 14.6. The monoisotopic (exact) mass is 266 g/mol. The second kappa shape index (κ2) is 5.94. The molecule has 0 unspecified atom stereocenters. The number of hydrogen-bond donors (Lipinski definition) is 2. The normalized spacial score (nSPS) is 11.9. The third-order valence-electron chi connectivity index (χ3n) is 2.56. The zero-order valence-corrected chi connectivity index (χ0v) is 10.5. The predicted octanol–water partition coefficient (Wildman–Crippen LogP) is 1.43. The summed E-state index contributed by atoms with van der Waals surface area (Å²) in [6.07, 6.45) is 0. The Morgan fingerprint density at radius 3 is 2.37 bits per heavy atom. The highest BCUT2D eigenvalue weighted by molar-refractivity contribution is 5.99. The molecule has 0 aliphatic heterocycles. The van der Waals surface area contributed by atoms with Crippen molar-refractivity contribution in [1.82, 2.24) is 5.32 Å². The van der Waals surface area contributed by atoms with E-state index in [4.69, 9.17) is 5.11 Å². The van der Waals surface area contributed by atoms with Gasteiger partial charge >= 0.3 is 5.97 Å². The Labute approximate surface area is 109 Å². The van der Waals surface area contributed by atoms with Crippen molar-refractivity contribution < 1.29 is 19.6 Å². The number of carbonyl (C=O) groups excluding carboxylic acids is 1. The van der Waals surface area contributed by atoms with Gasteiger partial charge in [-0.2, -0.15) is 0 Å². The molecule has 19 heavy (non-hydrogen) atoms. The minimum absolute atomic E-state index is 0.153. The van der Waals surface area contributed by atoms with E-state index >= 15 is 0 Å². The van der Waals surface area contributed by atoms with Crippen molar-refractivity contribution in [3.63, 3.8) is 0 Å². The minimum atomic E-state index is -1.18. The van der Waals surface area contributed by atoms with Crippen LogP contribution < -0.4 is 5.32 Å². The Bertz CT molecular complexity index is 513. The summed E-state index contributed by atoms with van der Waals surface area (Å²) >= 11 is 0. The number of hydrogen-bond acceptors (Lipinski definition) is 4. The van der Waals surface area contributed by atoms with E-state index in [2.05, 4.69) is 5.32 Å². The van der Waals surface area contributed by atoms with Gasteiger partial charge in [0.25, 0.3) is 11.6 Å². The van der Waals surface area contributed by atoms with Crippen LogP contribution in [0.25, 0.3) is 0 Å². The van der Waals surface area contributed by atoms with Gasteiger partial charge in [0, 0.05) is 6.07 Å². The number of carboxylic acid groups (broad SMARTS) is 1. The molecule has 0 spiro atoms. The fourth-order valence-electron chi connectivity index (χ4n) is 1.56. The number of para-hydroxylation sites is 1. The third-order valence-corrected chi connectivity index (χ3v) is 2.56. The maximum atomic E-state index is 11.9. The molecule has 0 radical (unpaired) electrons. The maximum absolute atomic E-state index is 11.9. The van der Waals surface area contributed by atoms with Crippen LogP contribution in [0.4, 0.5) is 5.69 Å². The van der Waals surface area contributed by atoms with E-state index in [1.807, 2.05) is 0 Å². The molecule has 0 aliphatic rings. The number of nitrogens with one attached hydrogen (secondary N) is 1. The van der Waals surface area contributed by atoms with Crippen LogP contribution in [0.1, 0.15) is 24.2 Å². The second-order valence-electron chi connectivity index (χ2n) is 4.31. The highest BCUT2D eigenvalue weighted by Crippen LogP contribution is 2.18. The molecule has 1 aromatic carbocycles. The molecule has 102 valence electrons. The SMILES string of the molecule is CC(C)[C@H](NC(=O)c1ccccc1[N+](=O)[O-])C(=O)O. The lowest BCUT2D eigenvalue weighted by Crippen LogP contribution is -2.44. The van der Waals surface area contributed by atoms with Crippen molar-refractivity contribution in [2.45, 2.75) is 19.9 Å². The summed E-state index contributed by atoms with van der Waals surface area (Å²) in [6.45, 7) is 3.27. The predicted molar refractivity (Wildman–Crippen MR) is 66.8 cm³/mol. The van der Waals surface area contributed by atoms with Gasteiger partial charge in [0.05, 0.1) is 4.92 Å². The molecular formula is C12H14N2O5. The van der Waals surface area contributed by atoms with Crippen molar-refractivity contribution in [2.75, 3.05) is 0 Å². The highest BCUT2D eigenvalue weighted by Gasteiger charge is 2.27. The summed E-state index contributed by atoms with van der Waals surface area (Å²) in [5.41, 5.74) is -0.507. The Hall–Kier alpha value is -2.44. The fourth-order valence-corrected chi connectivity index (χ4v) is 1.56. The first-order valence-corrected chi connectivity index (χ1v) is 5.61. The number of rotatable bonds is 5. The summed E-state index contributed by atoms with van der Waals surface area (Å²) in [5, 5.41) is 22.0. The number of carboxylic acids is 1. The molecule has 7 heteroatoms. The smallest absolute Gasteiger partial charge is 0.326 e. The summed E-state index contributed by atoms with van der Waals surface area (Å²) in [5.74, 6) is -2.28. The molecule has 0 aliphatic carbocycles. The zero-order valence-electron chi connectivity index (χ0n) is 10.5. The van der Waals surface area contributed by atoms with Crippen LogP contribution in [-0.4, -0.2) is 27.9 Å². The quantitative estimate of drug-likeness (QED) is 0.619. The van der Waals surface area contributed by atoms with E-state index in [1.165, 1.54) is 24.3 Å². The topological polar surface area (TPSA) is 110 Å². The van der Waals surface area contributed by atoms with Gasteiger partial charge in [0.15, 0.2) is 0 Å². The Balaban J connectivity index is 3.01. The number of benzene rings is 1. The molecule has 0 saturated heterocycles. The highest BCUT2D eigenvalue weighted by atomic mass is 16.6. The lowest BCUT2D eigenvalue weighted by Gasteiger charge is -2.17. The Morgan fingerprint density at radius 1 is 1.32 bits per heavy atom. The second-order valence-corrected chi connectivity index (χ2v) is 4.31. The number of nitrogens with zero attached hydrogens (tertiary/aromatic N) is 1. The molecule has 0 fully saturated rings. The van der Waals surface area contributed by atoms with E-state index < -0.39 is 22.8 Å². The molecule has 2 N–H and O–H groups in total. The van der Waals surface area contributed by atoms with Gasteiger partial charge in [-0.1, -0.05) is 26.0 Å². The molecule has 1 aromatic rings. The molecule has 0 aromatic heterocycles. The third kappa shape index (κ3) is 3.51. The van der Waals surface area contributed by atoms with Crippen molar-refractivity contribution in [3.05, 3.63) is 39.9 Å². The van der Waals surface area contributed by atoms with E-state index in [9.17, 15) is 19.7 Å². The number of nitro benzene ring substituents is 1. The maximum Gasteiger partial charge on any atom is 0.326 e. The van der Waals surface area contributed by atoms with Crippen molar-refractivity contribution >= 4 is 17.6 Å². The standard InChI is InChI=1S/C12H14N2O5/c1-7(2)10(12(16)17)13-11(15)8-5-3-4-6-9(8)14(18)19/h3-7,10H,1-2H3,(H,13,15)(H,16,17)/t10-/m0/s1. The van der Waals surface area contributed by atoms with Gasteiger partial charge < -0.3 is 10.4 Å². The first-order valence-electron chi connectivity index (χ1n) is 5.61. The molecule has 7 nitrogen and oxygen atoms in total. The van der Waals surface area contributed by atoms with Crippen LogP contribution in [0.15, 0.2) is 24.3 Å². The molecule has 0 saturated carbocycles. The number of amides is 1. The summed E-state index contributed by atoms with van der Waals surface area (Å²) in [6, 6.07) is 4.30. The fraction of sp³-hybridized carbons (Fsp3) is 0.333. The lowest BCUT2D eigenvalue weighted by atomic mass is 10.0. The minimum Gasteiger partial charge on any atom is -0.480 e. The molecule has 1 amide bonds. The van der Waals surface area contributed by atoms with E-state index in [1.54, 1.807) is 13.8 Å². The van der Waals surface area contributed by atoms with Crippen LogP contribution in [-0.2, 0) is 4.79 Å². The molecule has 0 heterocycles. The van der Waals surface area contributed by atoms with Crippen molar-refractivity contribution in [2.24, 2.45) is 5.92 Å². The zero-order chi connectivity index (χ0) is 14.6. The number of aliphatic carboxylic acids is 1. The summed E-state index contributed by atoms with van der Waals surface area (Å²) in [7, 11) is 0. The largest absolute Gasteiger partial charge is 0.480 e. The summed E-state index contributed by atoms with van der Waals surface area (Å²) < 4.78 is 0. The number of nitro groups is 1. The van der Waals surface area contributed by atoms with Gasteiger partial charge in [-0.3, -0.25) is 14.9 Å². The lowest BCUT2D eigenvalue weighted by molar-refractivity contribution is -0.385. The van der Waals surface area contributed by atoms with E-state index in [0.717, 1.165) is 0 Å². The van der Waals surface area contributed by atoms with Gasteiger partial charge in [-0.25, -0.2) is 4.79 Å². The summed E-state index contributed by atoms with van der Waals surface area (Å²) in [4.78, 5) is 33.0. The number of carbonyl (C=O) groups is 2. The van der Waals surface area contributed by atoms with Gasteiger partial charge in [0.2, 0.25) is 0 Å². The van der Waals surface area contributed by atoms with Gasteiger partial charge in [-0.05, 0) is 12.0 Å². The van der Waals surface area contributed by atoms with Crippen LogP contribution in [0, 0.1) is 16.0 Å². The first-order chi connectivity index (χ1) is 8.84. The Kier molecular flexibility index (Phi) is 4.57. The molecular weight excluding hydrogens is 252 g/mol. The van der Waals surface area contributed by atoms with Crippen molar-refractivity contribution in [3.8, 4) is 0 Å². The van der Waals surface area contributed by atoms with E-state index in [0.29, 0.717) is 0 Å². The van der Waals surface area contributed by atoms with Gasteiger partial charge in [0.1, 0.15) is 11.6 Å². The molecule has 0 bridgehead atoms. The van der Waals surface area contributed by atoms with Crippen molar-refractivity contribution in [1.29, 1.82) is 0 Å². The van der Waals surface area contributed by atoms with Gasteiger partial charge in [-0.15, -0.1) is 0 Å². The van der Waals surface area contributed by atoms with Crippen LogP contribution in [0.2, 0.25) is 0 Å². The molecule has 1 rings (SSSR count). The van der Waals surface area contributed by atoms with Crippen LogP contribution >= 0.6 is 0 Å². The molecule has 1 atom stereocenters. The van der Waals surface area contributed by atoms with Crippen LogP contribution in [0.5, 0.6) is 0 Å². The average molecular weight is 266 g/mol. The average Bonchev–Trinajstić information content (AvgIpc) is 2.34. The Morgan fingerprint density at radius 2 is 1.89 bits per heavy atom. The van der Waals surface area contributed by atoms with Crippen LogP contribution in [0.3, 0.4) is 0 Å². The van der Waals surface area contributed by atoms with E-state index in [-0.39, 0.29) is 17.2 Å².